The van der Waals surface area contributed by atoms with Gasteiger partial charge in [0, 0.05) is 58.1 Å². The van der Waals surface area contributed by atoms with Gasteiger partial charge in [-0.15, -0.1) is 0 Å². The largest absolute Gasteiger partial charge is 0.492 e. The summed E-state index contributed by atoms with van der Waals surface area (Å²) in [5, 5.41) is 3.52. The van der Waals surface area contributed by atoms with Crippen molar-refractivity contribution in [3.8, 4) is 5.75 Å². The summed E-state index contributed by atoms with van der Waals surface area (Å²) < 4.78 is 6.10. The predicted octanol–water partition coefficient (Wildman–Crippen LogP) is 2.70. The molecule has 0 spiro atoms. The SMILES string of the molecule is CCN(CC)CCOc1ccccc1CNC(=NC)N1CCN(c2ccccn2)CC1. The number of aliphatic imine (C=N–C) groups is 1. The summed E-state index contributed by atoms with van der Waals surface area (Å²) in [6.45, 7) is 12.5. The molecule has 2 aromatic rings. The van der Waals surface area contributed by atoms with Gasteiger partial charge in [-0.25, -0.2) is 4.98 Å². The van der Waals surface area contributed by atoms with Gasteiger partial charge in [0.15, 0.2) is 5.96 Å². The molecule has 1 aliphatic heterocycles. The van der Waals surface area contributed by atoms with Crippen molar-refractivity contribution in [2.24, 2.45) is 4.99 Å². The predicted molar refractivity (Wildman–Crippen MR) is 128 cm³/mol. The lowest BCUT2D eigenvalue weighted by Crippen LogP contribution is -2.52. The van der Waals surface area contributed by atoms with Crippen molar-refractivity contribution in [1.82, 2.24) is 20.1 Å². The lowest BCUT2D eigenvalue weighted by atomic mass is 10.2. The molecule has 1 aliphatic rings. The molecule has 31 heavy (non-hydrogen) atoms. The zero-order chi connectivity index (χ0) is 21.9. The summed E-state index contributed by atoms with van der Waals surface area (Å²) in [5.74, 6) is 2.91. The van der Waals surface area contributed by atoms with E-state index >= 15 is 0 Å². The minimum atomic E-state index is 0.689. The van der Waals surface area contributed by atoms with E-state index in [4.69, 9.17) is 4.74 Å². The van der Waals surface area contributed by atoms with Gasteiger partial charge < -0.3 is 24.8 Å². The van der Waals surface area contributed by atoms with E-state index in [9.17, 15) is 0 Å². The number of hydrogen-bond donors (Lipinski definition) is 1. The number of rotatable bonds is 9. The first-order chi connectivity index (χ1) is 15.2. The van der Waals surface area contributed by atoms with Crippen molar-refractivity contribution in [3.63, 3.8) is 0 Å². The number of benzene rings is 1. The first-order valence-corrected chi connectivity index (χ1v) is 11.3. The van der Waals surface area contributed by atoms with Gasteiger partial charge in [0.2, 0.25) is 0 Å². The average Bonchev–Trinajstić information content (AvgIpc) is 2.84. The Morgan fingerprint density at radius 2 is 1.81 bits per heavy atom. The molecule has 2 heterocycles. The molecule has 0 unspecified atom stereocenters. The molecule has 168 valence electrons. The molecule has 0 atom stereocenters. The highest BCUT2D eigenvalue weighted by Crippen LogP contribution is 2.18. The summed E-state index contributed by atoms with van der Waals surface area (Å²) in [5.41, 5.74) is 1.15. The molecule has 7 nitrogen and oxygen atoms in total. The van der Waals surface area contributed by atoms with Crippen LogP contribution in [-0.4, -0.2) is 80.2 Å². The third-order valence-electron chi connectivity index (χ3n) is 5.73. The summed E-state index contributed by atoms with van der Waals surface area (Å²) >= 11 is 0. The zero-order valence-corrected chi connectivity index (χ0v) is 19.1. The molecule has 0 aliphatic carbocycles. The first-order valence-electron chi connectivity index (χ1n) is 11.3. The number of nitrogens with zero attached hydrogens (tertiary/aromatic N) is 5. The van der Waals surface area contributed by atoms with Crippen molar-refractivity contribution in [1.29, 1.82) is 0 Å². The number of ether oxygens (including phenoxy) is 1. The smallest absolute Gasteiger partial charge is 0.194 e. The fourth-order valence-corrected chi connectivity index (χ4v) is 3.81. The van der Waals surface area contributed by atoms with Crippen LogP contribution in [0.15, 0.2) is 53.7 Å². The maximum atomic E-state index is 6.10. The van der Waals surface area contributed by atoms with Crippen molar-refractivity contribution >= 4 is 11.8 Å². The quantitative estimate of drug-likeness (QED) is 0.493. The molecule has 1 saturated heterocycles. The Morgan fingerprint density at radius 3 is 2.48 bits per heavy atom. The fraction of sp³-hybridized carbons (Fsp3) is 0.500. The summed E-state index contributed by atoms with van der Waals surface area (Å²) in [6, 6.07) is 14.3. The van der Waals surface area contributed by atoms with Crippen LogP contribution in [0.4, 0.5) is 5.82 Å². The van der Waals surface area contributed by atoms with Crippen molar-refractivity contribution < 1.29 is 4.74 Å². The maximum Gasteiger partial charge on any atom is 0.194 e. The second-order valence-electron chi connectivity index (χ2n) is 7.55. The molecular weight excluding hydrogens is 388 g/mol. The van der Waals surface area contributed by atoms with Crippen molar-refractivity contribution in [2.75, 3.05) is 64.4 Å². The van der Waals surface area contributed by atoms with Crippen molar-refractivity contribution in [2.45, 2.75) is 20.4 Å². The number of para-hydroxylation sites is 1. The number of hydrogen-bond acceptors (Lipinski definition) is 5. The molecule has 7 heteroatoms. The number of aromatic nitrogens is 1. The lowest BCUT2D eigenvalue weighted by Gasteiger charge is -2.37. The Balaban J connectivity index is 1.51. The summed E-state index contributed by atoms with van der Waals surface area (Å²) in [7, 11) is 1.85. The average molecular weight is 425 g/mol. The molecule has 0 radical (unpaired) electrons. The number of nitrogens with one attached hydrogen (secondary N) is 1. The second kappa shape index (κ2) is 12.2. The van der Waals surface area contributed by atoms with Crippen LogP contribution >= 0.6 is 0 Å². The molecular formula is C24H36N6O. The molecule has 0 bridgehead atoms. The normalized spacial score (nSPS) is 14.8. The highest BCUT2D eigenvalue weighted by atomic mass is 16.5. The molecule has 1 aromatic carbocycles. The fourth-order valence-electron chi connectivity index (χ4n) is 3.81. The van der Waals surface area contributed by atoms with Gasteiger partial charge in [0.25, 0.3) is 0 Å². The van der Waals surface area contributed by atoms with E-state index in [2.05, 4.69) is 62.0 Å². The topological polar surface area (TPSA) is 56.2 Å². The maximum absolute atomic E-state index is 6.10. The van der Waals surface area contributed by atoms with Gasteiger partial charge in [-0.2, -0.15) is 0 Å². The highest BCUT2D eigenvalue weighted by Gasteiger charge is 2.20. The van der Waals surface area contributed by atoms with E-state index in [0.29, 0.717) is 13.2 Å². The van der Waals surface area contributed by atoms with Crippen LogP contribution in [0.25, 0.3) is 0 Å². The Kier molecular flexibility index (Phi) is 8.97. The van der Waals surface area contributed by atoms with E-state index < -0.39 is 0 Å². The number of piperazine rings is 1. The Morgan fingerprint density at radius 1 is 1.06 bits per heavy atom. The van der Waals surface area contributed by atoms with Gasteiger partial charge in [-0.05, 0) is 31.3 Å². The molecule has 3 rings (SSSR count). The van der Waals surface area contributed by atoms with E-state index in [1.807, 2.05) is 37.5 Å². The second-order valence-corrected chi connectivity index (χ2v) is 7.55. The van der Waals surface area contributed by atoms with Crippen molar-refractivity contribution in [3.05, 3.63) is 54.2 Å². The third-order valence-corrected chi connectivity index (χ3v) is 5.73. The Hall–Kier alpha value is -2.80. The minimum absolute atomic E-state index is 0.689. The number of likely N-dealkylation sites (N-methyl/N-ethyl adjacent to an activating group) is 1. The van der Waals surface area contributed by atoms with Gasteiger partial charge in [0.05, 0.1) is 0 Å². The number of anilines is 1. The van der Waals surface area contributed by atoms with E-state index in [1.165, 1.54) is 0 Å². The van der Waals surface area contributed by atoms with E-state index in [0.717, 1.165) is 68.9 Å². The van der Waals surface area contributed by atoms with Gasteiger partial charge in [-0.1, -0.05) is 38.1 Å². The van der Waals surface area contributed by atoms with Gasteiger partial charge in [-0.3, -0.25) is 4.99 Å². The summed E-state index contributed by atoms with van der Waals surface area (Å²) in [6.07, 6.45) is 1.85. The number of guanidine groups is 1. The van der Waals surface area contributed by atoms with E-state index in [1.54, 1.807) is 0 Å². The van der Waals surface area contributed by atoms with Crippen LogP contribution in [0.3, 0.4) is 0 Å². The van der Waals surface area contributed by atoms with Gasteiger partial charge >= 0.3 is 0 Å². The number of pyridine rings is 1. The van der Waals surface area contributed by atoms with Crippen LogP contribution in [-0.2, 0) is 6.54 Å². The zero-order valence-electron chi connectivity index (χ0n) is 19.1. The van der Waals surface area contributed by atoms with Crippen LogP contribution in [0.5, 0.6) is 5.75 Å². The van der Waals surface area contributed by atoms with Crippen LogP contribution < -0.4 is 15.0 Å². The molecule has 0 saturated carbocycles. The Labute approximate surface area is 186 Å². The molecule has 1 aromatic heterocycles. The van der Waals surface area contributed by atoms with Crippen LogP contribution in [0, 0.1) is 0 Å². The van der Waals surface area contributed by atoms with Gasteiger partial charge in [0.1, 0.15) is 18.2 Å². The molecule has 1 N–H and O–H groups in total. The van der Waals surface area contributed by atoms with Crippen LogP contribution in [0.1, 0.15) is 19.4 Å². The summed E-state index contributed by atoms with van der Waals surface area (Å²) in [4.78, 5) is 16.0. The first kappa shape index (κ1) is 22.9. The molecule has 1 fully saturated rings. The minimum Gasteiger partial charge on any atom is -0.492 e. The highest BCUT2D eigenvalue weighted by molar-refractivity contribution is 5.80. The standard InChI is InChI=1S/C24H36N6O/c1-4-28(5-2)18-19-31-22-11-7-6-10-21(22)20-27-24(25-3)30-16-14-29(15-17-30)23-12-8-9-13-26-23/h6-13H,4-5,14-20H2,1-3H3,(H,25,27). The lowest BCUT2D eigenvalue weighted by molar-refractivity contribution is 0.221. The monoisotopic (exact) mass is 424 g/mol. The third kappa shape index (κ3) is 6.59. The Bertz CT molecular complexity index is 801. The van der Waals surface area contributed by atoms with Crippen LogP contribution in [0.2, 0.25) is 0 Å². The molecule has 0 amide bonds. The van der Waals surface area contributed by atoms with E-state index in [-0.39, 0.29) is 0 Å².